The SMILES string of the molecule is CCC(N[C@@H](C)c1ccccc1Cl)c1ccc(Br)cc1. The van der Waals surface area contributed by atoms with E-state index < -0.39 is 0 Å². The summed E-state index contributed by atoms with van der Waals surface area (Å²) in [7, 11) is 0. The van der Waals surface area contributed by atoms with E-state index in [2.05, 4.69) is 65.4 Å². The standard InChI is InChI=1S/C17H19BrClN/c1-3-17(13-8-10-14(18)11-9-13)20-12(2)15-6-4-5-7-16(15)19/h4-12,17,20H,3H2,1-2H3/t12-,17?/m0/s1. The molecule has 1 N–H and O–H groups in total. The predicted octanol–water partition coefficient (Wildman–Crippen LogP) is 5.90. The number of hydrogen-bond acceptors (Lipinski definition) is 1. The van der Waals surface area contributed by atoms with Gasteiger partial charge >= 0.3 is 0 Å². The number of benzene rings is 2. The van der Waals surface area contributed by atoms with E-state index in [1.807, 2.05) is 18.2 Å². The van der Waals surface area contributed by atoms with E-state index in [0.29, 0.717) is 6.04 Å². The molecule has 0 aliphatic rings. The molecule has 0 aromatic heterocycles. The molecule has 0 radical (unpaired) electrons. The molecule has 3 heteroatoms. The van der Waals surface area contributed by atoms with Crippen LogP contribution in [0, 0.1) is 0 Å². The van der Waals surface area contributed by atoms with Crippen LogP contribution in [-0.2, 0) is 0 Å². The Balaban J connectivity index is 2.14. The summed E-state index contributed by atoms with van der Waals surface area (Å²) in [5.74, 6) is 0. The van der Waals surface area contributed by atoms with E-state index in [0.717, 1.165) is 21.5 Å². The number of hydrogen-bond donors (Lipinski definition) is 1. The second kappa shape index (κ2) is 7.26. The molecule has 1 nitrogen and oxygen atoms in total. The van der Waals surface area contributed by atoms with Crippen LogP contribution in [0.15, 0.2) is 53.0 Å². The molecule has 106 valence electrons. The van der Waals surface area contributed by atoms with Crippen molar-refractivity contribution >= 4 is 27.5 Å². The highest BCUT2D eigenvalue weighted by atomic mass is 79.9. The lowest BCUT2D eigenvalue weighted by Crippen LogP contribution is -2.24. The summed E-state index contributed by atoms with van der Waals surface area (Å²) in [6.45, 7) is 4.35. The fourth-order valence-electron chi connectivity index (χ4n) is 2.36. The second-order valence-electron chi connectivity index (χ2n) is 4.92. The Hall–Kier alpha value is -0.830. The first-order valence-electron chi connectivity index (χ1n) is 6.87. The molecule has 0 aliphatic heterocycles. The molecule has 2 atom stereocenters. The van der Waals surface area contributed by atoms with Crippen LogP contribution in [0.4, 0.5) is 0 Å². The van der Waals surface area contributed by atoms with E-state index >= 15 is 0 Å². The lowest BCUT2D eigenvalue weighted by atomic mass is 10.0. The van der Waals surface area contributed by atoms with Crippen molar-refractivity contribution in [3.63, 3.8) is 0 Å². The largest absolute Gasteiger partial charge is 0.303 e. The van der Waals surface area contributed by atoms with Crippen molar-refractivity contribution in [1.82, 2.24) is 5.32 Å². The van der Waals surface area contributed by atoms with Gasteiger partial charge in [-0.1, -0.05) is 64.8 Å². The lowest BCUT2D eigenvalue weighted by Gasteiger charge is -2.23. The van der Waals surface area contributed by atoms with Gasteiger partial charge in [0.15, 0.2) is 0 Å². The van der Waals surface area contributed by atoms with Gasteiger partial charge in [-0.05, 0) is 42.7 Å². The molecule has 0 saturated carbocycles. The minimum absolute atomic E-state index is 0.220. The smallest absolute Gasteiger partial charge is 0.0453 e. The maximum absolute atomic E-state index is 6.27. The highest BCUT2D eigenvalue weighted by Crippen LogP contribution is 2.27. The monoisotopic (exact) mass is 351 g/mol. The Morgan fingerprint density at radius 1 is 1.10 bits per heavy atom. The van der Waals surface area contributed by atoms with Gasteiger partial charge in [0.1, 0.15) is 0 Å². The first-order chi connectivity index (χ1) is 9.61. The molecule has 0 bridgehead atoms. The maximum atomic E-state index is 6.27. The fraction of sp³-hybridized carbons (Fsp3) is 0.294. The summed E-state index contributed by atoms with van der Waals surface area (Å²) >= 11 is 9.74. The van der Waals surface area contributed by atoms with Gasteiger partial charge in [-0.3, -0.25) is 0 Å². The maximum Gasteiger partial charge on any atom is 0.0453 e. The Kier molecular flexibility index (Phi) is 5.64. The minimum Gasteiger partial charge on any atom is -0.303 e. The van der Waals surface area contributed by atoms with E-state index in [-0.39, 0.29) is 6.04 Å². The van der Waals surface area contributed by atoms with Crippen molar-refractivity contribution in [2.75, 3.05) is 0 Å². The van der Waals surface area contributed by atoms with E-state index in [9.17, 15) is 0 Å². The van der Waals surface area contributed by atoms with Crippen molar-refractivity contribution < 1.29 is 0 Å². The number of nitrogens with one attached hydrogen (secondary N) is 1. The summed E-state index contributed by atoms with van der Waals surface area (Å²) in [5, 5.41) is 4.48. The van der Waals surface area contributed by atoms with Gasteiger partial charge < -0.3 is 5.32 Å². The highest BCUT2D eigenvalue weighted by Gasteiger charge is 2.15. The molecule has 2 aromatic carbocycles. The van der Waals surface area contributed by atoms with Crippen molar-refractivity contribution in [3.8, 4) is 0 Å². The summed E-state index contributed by atoms with van der Waals surface area (Å²) in [4.78, 5) is 0. The van der Waals surface area contributed by atoms with E-state index in [1.54, 1.807) is 0 Å². The summed E-state index contributed by atoms with van der Waals surface area (Å²) in [6, 6.07) is 17.0. The molecule has 0 amide bonds. The Labute approximate surface area is 134 Å². The third kappa shape index (κ3) is 3.85. The summed E-state index contributed by atoms with van der Waals surface area (Å²) in [5.41, 5.74) is 2.44. The normalized spacial score (nSPS) is 14.0. The van der Waals surface area contributed by atoms with Gasteiger partial charge in [0.25, 0.3) is 0 Å². The van der Waals surface area contributed by atoms with Gasteiger partial charge in [0, 0.05) is 21.6 Å². The third-order valence-electron chi connectivity index (χ3n) is 3.50. The van der Waals surface area contributed by atoms with Gasteiger partial charge in [-0.2, -0.15) is 0 Å². The van der Waals surface area contributed by atoms with Gasteiger partial charge in [-0.15, -0.1) is 0 Å². The van der Waals surface area contributed by atoms with Crippen LogP contribution in [0.25, 0.3) is 0 Å². The van der Waals surface area contributed by atoms with Crippen LogP contribution in [0.1, 0.15) is 43.5 Å². The zero-order chi connectivity index (χ0) is 14.5. The van der Waals surface area contributed by atoms with Crippen LogP contribution in [0.5, 0.6) is 0 Å². The van der Waals surface area contributed by atoms with Crippen molar-refractivity contribution in [2.45, 2.75) is 32.4 Å². The quantitative estimate of drug-likeness (QED) is 0.706. The molecular formula is C17H19BrClN. The minimum atomic E-state index is 0.220. The van der Waals surface area contributed by atoms with Crippen LogP contribution in [0.3, 0.4) is 0 Å². The molecule has 0 spiro atoms. The number of halogens is 2. The van der Waals surface area contributed by atoms with E-state index in [1.165, 1.54) is 5.56 Å². The first kappa shape index (κ1) is 15.6. The average Bonchev–Trinajstić information content (AvgIpc) is 2.46. The number of rotatable bonds is 5. The van der Waals surface area contributed by atoms with Crippen LogP contribution in [0.2, 0.25) is 5.02 Å². The Bertz CT molecular complexity index is 553. The molecule has 0 heterocycles. The van der Waals surface area contributed by atoms with Crippen molar-refractivity contribution in [2.24, 2.45) is 0 Å². The first-order valence-corrected chi connectivity index (χ1v) is 8.05. The molecule has 2 aromatic rings. The fourth-order valence-corrected chi connectivity index (χ4v) is 2.93. The van der Waals surface area contributed by atoms with Crippen LogP contribution >= 0.6 is 27.5 Å². The van der Waals surface area contributed by atoms with Gasteiger partial charge in [-0.25, -0.2) is 0 Å². The average molecular weight is 353 g/mol. The van der Waals surface area contributed by atoms with Crippen LogP contribution < -0.4 is 5.32 Å². The topological polar surface area (TPSA) is 12.0 Å². The molecule has 1 unspecified atom stereocenters. The summed E-state index contributed by atoms with van der Waals surface area (Å²) in [6.07, 6.45) is 1.04. The third-order valence-corrected chi connectivity index (χ3v) is 4.38. The Morgan fingerprint density at radius 3 is 2.35 bits per heavy atom. The van der Waals surface area contributed by atoms with Crippen LogP contribution in [-0.4, -0.2) is 0 Å². The van der Waals surface area contributed by atoms with Crippen molar-refractivity contribution in [1.29, 1.82) is 0 Å². The molecule has 0 aliphatic carbocycles. The molecule has 0 fully saturated rings. The molecule has 20 heavy (non-hydrogen) atoms. The van der Waals surface area contributed by atoms with E-state index in [4.69, 9.17) is 11.6 Å². The predicted molar refractivity (Wildman–Crippen MR) is 90.2 cm³/mol. The molecule has 2 rings (SSSR count). The molecular weight excluding hydrogens is 334 g/mol. The molecule has 0 saturated heterocycles. The van der Waals surface area contributed by atoms with Gasteiger partial charge in [0.05, 0.1) is 0 Å². The zero-order valence-electron chi connectivity index (χ0n) is 11.7. The Morgan fingerprint density at radius 2 is 1.75 bits per heavy atom. The van der Waals surface area contributed by atoms with Crippen molar-refractivity contribution in [3.05, 3.63) is 69.2 Å². The highest BCUT2D eigenvalue weighted by molar-refractivity contribution is 9.10. The lowest BCUT2D eigenvalue weighted by molar-refractivity contribution is 0.456. The summed E-state index contributed by atoms with van der Waals surface area (Å²) < 4.78 is 1.11. The zero-order valence-corrected chi connectivity index (χ0v) is 14.1. The second-order valence-corrected chi connectivity index (χ2v) is 6.25. The van der Waals surface area contributed by atoms with Gasteiger partial charge in [0.2, 0.25) is 0 Å².